The van der Waals surface area contributed by atoms with Gasteiger partial charge in [-0.15, -0.1) is 0 Å². The first-order valence-corrected chi connectivity index (χ1v) is 8.71. The zero-order valence-corrected chi connectivity index (χ0v) is 16.1. The van der Waals surface area contributed by atoms with E-state index in [1.807, 2.05) is 43.3 Å². The molecule has 134 valence electrons. The number of aliphatic carboxylic acids is 1. The second-order valence-electron chi connectivity index (χ2n) is 5.81. The highest BCUT2D eigenvalue weighted by atomic mass is 79.9. The standard InChI is InChI=1S/C19H22BrNO4/c1-12-4-6-14(7-5-12)11-25-18-9-16(20)15(8-17(18)24-3)10-21-13(2)19(22)23/h4-9,13,21H,10-11H2,1-3H3,(H,22,23). The van der Waals surface area contributed by atoms with Crippen molar-refractivity contribution in [1.82, 2.24) is 5.32 Å². The van der Waals surface area contributed by atoms with Crippen LogP contribution < -0.4 is 14.8 Å². The smallest absolute Gasteiger partial charge is 0.320 e. The number of benzene rings is 2. The molecule has 2 rings (SSSR count). The predicted octanol–water partition coefficient (Wildman–Crippen LogP) is 3.91. The number of aryl methyl sites for hydroxylation is 1. The molecule has 0 aliphatic carbocycles. The third-order valence-corrected chi connectivity index (χ3v) is 4.55. The highest BCUT2D eigenvalue weighted by Crippen LogP contribution is 2.34. The van der Waals surface area contributed by atoms with Crippen LogP contribution >= 0.6 is 15.9 Å². The van der Waals surface area contributed by atoms with Crippen LogP contribution in [-0.2, 0) is 17.9 Å². The van der Waals surface area contributed by atoms with E-state index in [0.29, 0.717) is 24.7 Å². The van der Waals surface area contributed by atoms with E-state index in [0.717, 1.165) is 15.6 Å². The number of ether oxygens (including phenoxy) is 2. The summed E-state index contributed by atoms with van der Waals surface area (Å²) >= 11 is 3.51. The molecule has 0 saturated heterocycles. The van der Waals surface area contributed by atoms with E-state index in [-0.39, 0.29) is 0 Å². The fourth-order valence-corrected chi connectivity index (χ4v) is 2.64. The fourth-order valence-electron chi connectivity index (χ4n) is 2.18. The molecule has 2 aromatic carbocycles. The van der Waals surface area contributed by atoms with Crippen LogP contribution in [0.5, 0.6) is 11.5 Å². The number of rotatable bonds is 8. The molecule has 0 heterocycles. The summed E-state index contributed by atoms with van der Waals surface area (Å²) in [5.41, 5.74) is 3.17. The molecule has 6 heteroatoms. The number of nitrogens with one attached hydrogen (secondary N) is 1. The van der Waals surface area contributed by atoms with Crippen LogP contribution in [0.4, 0.5) is 0 Å². The molecule has 0 fully saturated rings. The molecule has 0 aromatic heterocycles. The van der Waals surface area contributed by atoms with Gasteiger partial charge in [0.15, 0.2) is 11.5 Å². The Morgan fingerprint density at radius 1 is 1.24 bits per heavy atom. The number of methoxy groups -OCH3 is 1. The van der Waals surface area contributed by atoms with Crippen LogP contribution in [0.3, 0.4) is 0 Å². The maximum Gasteiger partial charge on any atom is 0.320 e. The molecule has 25 heavy (non-hydrogen) atoms. The Hall–Kier alpha value is -2.05. The summed E-state index contributed by atoms with van der Waals surface area (Å²) in [6.45, 7) is 4.49. The van der Waals surface area contributed by atoms with Crippen LogP contribution in [0.2, 0.25) is 0 Å². The molecule has 0 radical (unpaired) electrons. The molecule has 1 atom stereocenters. The van der Waals surface area contributed by atoms with Gasteiger partial charge >= 0.3 is 5.97 Å². The summed E-state index contributed by atoms with van der Waals surface area (Å²) in [7, 11) is 1.58. The second-order valence-corrected chi connectivity index (χ2v) is 6.66. The number of carboxylic acid groups (broad SMARTS) is 1. The molecule has 0 aliphatic heterocycles. The Balaban J connectivity index is 2.09. The number of carboxylic acids is 1. The summed E-state index contributed by atoms with van der Waals surface area (Å²) in [5.74, 6) is 0.348. The Kier molecular flexibility index (Phi) is 6.84. The third-order valence-electron chi connectivity index (χ3n) is 3.82. The van der Waals surface area contributed by atoms with Crippen molar-refractivity contribution in [3.63, 3.8) is 0 Å². The molecule has 0 spiro atoms. The number of hydrogen-bond donors (Lipinski definition) is 2. The van der Waals surface area contributed by atoms with E-state index >= 15 is 0 Å². The Bertz CT molecular complexity index is 731. The lowest BCUT2D eigenvalue weighted by Gasteiger charge is -2.15. The van der Waals surface area contributed by atoms with E-state index in [1.54, 1.807) is 14.0 Å². The summed E-state index contributed by atoms with van der Waals surface area (Å²) in [5, 5.41) is 11.9. The van der Waals surface area contributed by atoms with Gasteiger partial charge in [0.2, 0.25) is 0 Å². The normalized spacial score (nSPS) is 11.8. The van der Waals surface area contributed by atoms with Gasteiger partial charge in [-0.3, -0.25) is 4.79 Å². The predicted molar refractivity (Wildman–Crippen MR) is 100 cm³/mol. The molecule has 2 aromatic rings. The molecule has 2 N–H and O–H groups in total. The molecule has 0 aliphatic rings. The first-order valence-electron chi connectivity index (χ1n) is 7.91. The van der Waals surface area contributed by atoms with Gasteiger partial charge in [0.25, 0.3) is 0 Å². The molecule has 0 bridgehead atoms. The van der Waals surface area contributed by atoms with E-state index in [1.165, 1.54) is 5.56 Å². The van der Waals surface area contributed by atoms with Gasteiger partial charge in [-0.05, 0) is 37.1 Å². The average molecular weight is 408 g/mol. The zero-order valence-electron chi connectivity index (χ0n) is 14.5. The Morgan fingerprint density at radius 2 is 1.92 bits per heavy atom. The highest BCUT2D eigenvalue weighted by Gasteiger charge is 2.14. The van der Waals surface area contributed by atoms with Crippen molar-refractivity contribution in [2.75, 3.05) is 7.11 Å². The minimum Gasteiger partial charge on any atom is -0.493 e. The molecular weight excluding hydrogens is 386 g/mol. The first-order chi connectivity index (χ1) is 11.9. The highest BCUT2D eigenvalue weighted by molar-refractivity contribution is 9.10. The fraction of sp³-hybridized carbons (Fsp3) is 0.316. The average Bonchev–Trinajstić information content (AvgIpc) is 2.59. The van der Waals surface area contributed by atoms with Crippen LogP contribution in [0.15, 0.2) is 40.9 Å². The monoisotopic (exact) mass is 407 g/mol. The summed E-state index contributed by atoms with van der Waals surface area (Å²) in [6, 6.07) is 11.2. The number of halogens is 1. The topological polar surface area (TPSA) is 67.8 Å². The lowest BCUT2D eigenvalue weighted by molar-refractivity contribution is -0.139. The van der Waals surface area contributed by atoms with Crippen LogP contribution in [0.1, 0.15) is 23.6 Å². The van der Waals surface area contributed by atoms with Gasteiger partial charge in [0.05, 0.1) is 7.11 Å². The van der Waals surface area contributed by atoms with Gasteiger partial charge < -0.3 is 19.9 Å². The number of hydrogen-bond acceptors (Lipinski definition) is 4. The summed E-state index contributed by atoms with van der Waals surface area (Å²) < 4.78 is 12.1. The first kappa shape index (κ1) is 19.3. The molecular formula is C19H22BrNO4. The van der Waals surface area contributed by atoms with Gasteiger partial charge in [-0.1, -0.05) is 45.8 Å². The summed E-state index contributed by atoms with van der Waals surface area (Å²) in [6.07, 6.45) is 0. The molecule has 0 saturated carbocycles. The summed E-state index contributed by atoms with van der Waals surface area (Å²) in [4.78, 5) is 10.9. The maximum atomic E-state index is 10.9. The van der Waals surface area contributed by atoms with E-state index in [9.17, 15) is 4.79 Å². The van der Waals surface area contributed by atoms with Crippen molar-refractivity contribution in [3.05, 3.63) is 57.6 Å². The SMILES string of the molecule is COc1cc(CNC(C)C(=O)O)c(Br)cc1OCc1ccc(C)cc1. The molecule has 0 amide bonds. The Morgan fingerprint density at radius 3 is 2.52 bits per heavy atom. The van der Waals surface area contributed by atoms with Crippen molar-refractivity contribution < 1.29 is 19.4 Å². The largest absolute Gasteiger partial charge is 0.493 e. The van der Waals surface area contributed by atoms with Crippen LogP contribution in [0, 0.1) is 6.92 Å². The maximum absolute atomic E-state index is 10.9. The van der Waals surface area contributed by atoms with Crippen molar-refractivity contribution in [3.8, 4) is 11.5 Å². The van der Waals surface area contributed by atoms with Gasteiger partial charge in [-0.25, -0.2) is 0 Å². The van der Waals surface area contributed by atoms with E-state index < -0.39 is 12.0 Å². The van der Waals surface area contributed by atoms with Crippen LogP contribution in [-0.4, -0.2) is 24.2 Å². The zero-order chi connectivity index (χ0) is 18.4. The quantitative estimate of drug-likeness (QED) is 0.694. The van der Waals surface area contributed by atoms with E-state index in [2.05, 4.69) is 21.2 Å². The minimum absolute atomic E-state index is 0.405. The van der Waals surface area contributed by atoms with Crippen molar-refractivity contribution in [2.24, 2.45) is 0 Å². The van der Waals surface area contributed by atoms with Gasteiger partial charge in [0, 0.05) is 11.0 Å². The lowest BCUT2D eigenvalue weighted by Crippen LogP contribution is -2.33. The minimum atomic E-state index is -0.888. The van der Waals surface area contributed by atoms with Gasteiger partial charge in [-0.2, -0.15) is 0 Å². The van der Waals surface area contributed by atoms with Crippen molar-refractivity contribution in [2.45, 2.75) is 33.0 Å². The Labute approximate surface area is 156 Å². The van der Waals surface area contributed by atoms with Gasteiger partial charge in [0.1, 0.15) is 12.6 Å². The van der Waals surface area contributed by atoms with E-state index in [4.69, 9.17) is 14.6 Å². The lowest BCUT2D eigenvalue weighted by atomic mass is 10.1. The second kappa shape index (κ2) is 8.87. The molecule has 1 unspecified atom stereocenters. The van der Waals surface area contributed by atoms with Crippen molar-refractivity contribution >= 4 is 21.9 Å². The number of carbonyl (C=O) groups is 1. The third kappa shape index (κ3) is 5.47. The van der Waals surface area contributed by atoms with Crippen LogP contribution in [0.25, 0.3) is 0 Å². The molecule has 5 nitrogen and oxygen atoms in total. The van der Waals surface area contributed by atoms with Crippen molar-refractivity contribution in [1.29, 1.82) is 0 Å².